The lowest BCUT2D eigenvalue weighted by Crippen LogP contribution is -2.45. The van der Waals surface area contributed by atoms with E-state index >= 15 is 0 Å². The molecular formula is C23H31ClN2O3S. The van der Waals surface area contributed by atoms with Gasteiger partial charge < -0.3 is 5.32 Å². The average Bonchev–Trinajstić information content (AvgIpc) is 2.57. The monoisotopic (exact) mass is 450 g/mol. The lowest BCUT2D eigenvalue weighted by atomic mass is 9.81. The van der Waals surface area contributed by atoms with Gasteiger partial charge in [-0.25, -0.2) is 8.42 Å². The molecular weight excluding hydrogens is 420 g/mol. The van der Waals surface area contributed by atoms with Gasteiger partial charge in [-0.2, -0.15) is 0 Å². The highest BCUT2D eigenvalue weighted by Gasteiger charge is 2.27. The van der Waals surface area contributed by atoms with Crippen LogP contribution in [0.5, 0.6) is 0 Å². The summed E-state index contributed by atoms with van der Waals surface area (Å²) in [7, 11) is -3.49. The summed E-state index contributed by atoms with van der Waals surface area (Å²) in [5, 5.41) is 3.63. The highest BCUT2D eigenvalue weighted by molar-refractivity contribution is 7.92. The standard InChI is InChI=1S/C23H31ClN2O3S/c1-22(2,3)16-23(4,5)25-21(27)18-9-7-17(8-10-18)15-26(30(6,28)29)20-13-11-19(24)12-14-20/h7-14H,15-16H2,1-6H3,(H,25,27). The summed E-state index contributed by atoms with van der Waals surface area (Å²) in [5.41, 5.74) is 1.61. The summed E-state index contributed by atoms with van der Waals surface area (Å²) in [4.78, 5) is 12.7. The van der Waals surface area contributed by atoms with Gasteiger partial charge in [0.05, 0.1) is 18.5 Å². The van der Waals surface area contributed by atoms with Crippen LogP contribution < -0.4 is 9.62 Å². The number of benzene rings is 2. The average molecular weight is 451 g/mol. The van der Waals surface area contributed by atoms with Crippen LogP contribution in [0.15, 0.2) is 48.5 Å². The van der Waals surface area contributed by atoms with Crippen molar-refractivity contribution in [1.29, 1.82) is 0 Å². The number of carbonyl (C=O) groups is 1. The summed E-state index contributed by atoms with van der Waals surface area (Å²) in [6.07, 6.45) is 2.01. The van der Waals surface area contributed by atoms with Gasteiger partial charge in [-0.05, 0) is 67.6 Å². The van der Waals surface area contributed by atoms with Crippen LogP contribution in [0.3, 0.4) is 0 Å². The third-order valence-electron chi connectivity index (χ3n) is 4.48. The smallest absolute Gasteiger partial charge is 0.251 e. The van der Waals surface area contributed by atoms with Crippen molar-refractivity contribution in [2.45, 2.75) is 53.1 Å². The fraction of sp³-hybridized carbons (Fsp3) is 0.435. The molecule has 30 heavy (non-hydrogen) atoms. The molecule has 0 aliphatic heterocycles. The third-order valence-corrected chi connectivity index (χ3v) is 5.87. The molecule has 2 rings (SSSR count). The van der Waals surface area contributed by atoms with E-state index in [-0.39, 0.29) is 23.4 Å². The van der Waals surface area contributed by atoms with Gasteiger partial charge in [-0.15, -0.1) is 0 Å². The second kappa shape index (κ2) is 8.98. The van der Waals surface area contributed by atoms with Crippen LogP contribution in [-0.2, 0) is 16.6 Å². The van der Waals surface area contributed by atoms with E-state index in [0.29, 0.717) is 16.3 Å². The number of rotatable bonds is 7. The minimum absolute atomic E-state index is 0.0946. The predicted octanol–water partition coefficient (Wildman–Crippen LogP) is 5.25. The first-order chi connectivity index (χ1) is 13.7. The number of halogens is 1. The largest absolute Gasteiger partial charge is 0.347 e. The zero-order valence-corrected chi connectivity index (χ0v) is 20.1. The number of nitrogens with one attached hydrogen (secondary N) is 1. The Labute approximate surface area is 185 Å². The molecule has 1 amide bonds. The summed E-state index contributed by atoms with van der Waals surface area (Å²) in [6.45, 7) is 10.6. The second-order valence-corrected chi connectivity index (χ2v) is 11.9. The van der Waals surface area contributed by atoms with E-state index in [1.807, 2.05) is 13.8 Å². The molecule has 5 nitrogen and oxygen atoms in total. The van der Waals surface area contributed by atoms with Crippen LogP contribution in [0.2, 0.25) is 5.02 Å². The molecule has 0 aliphatic carbocycles. The molecule has 0 aliphatic rings. The second-order valence-electron chi connectivity index (χ2n) is 9.52. The number of amides is 1. The number of nitrogens with zero attached hydrogens (tertiary/aromatic N) is 1. The van der Waals surface area contributed by atoms with E-state index in [2.05, 4.69) is 26.1 Å². The van der Waals surface area contributed by atoms with Crippen molar-refractivity contribution in [2.24, 2.45) is 5.41 Å². The minimum atomic E-state index is -3.49. The van der Waals surface area contributed by atoms with E-state index in [1.165, 1.54) is 10.6 Å². The minimum Gasteiger partial charge on any atom is -0.347 e. The molecule has 0 saturated carbocycles. The fourth-order valence-corrected chi connectivity index (χ4v) is 4.70. The first-order valence-corrected chi connectivity index (χ1v) is 12.0. The first-order valence-electron chi connectivity index (χ1n) is 9.81. The van der Waals surface area contributed by atoms with Crippen molar-refractivity contribution in [3.63, 3.8) is 0 Å². The molecule has 0 fully saturated rings. The Kier molecular flexibility index (Phi) is 7.25. The van der Waals surface area contributed by atoms with Gasteiger partial charge in [-0.1, -0.05) is 44.5 Å². The molecule has 0 saturated heterocycles. The Morgan fingerprint density at radius 3 is 1.97 bits per heavy atom. The van der Waals surface area contributed by atoms with Gasteiger partial charge in [0, 0.05) is 16.1 Å². The summed E-state index contributed by atoms with van der Waals surface area (Å²) < 4.78 is 25.9. The molecule has 1 N–H and O–H groups in total. The van der Waals surface area contributed by atoms with E-state index in [4.69, 9.17) is 11.6 Å². The number of hydrogen-bond donors (Lipinski definition) is 1. The third kappa shape index (κ3) is 7.33. The zero-order valence-electron chi connectivity index (χ0n) is 18.5. The molecule has 0 atom stereocenters. The Morgan fingerprint density at radius 2 is 1.50 bits per heavy atom. The van der Waals surface area contributed by atoms with Crippen molar-refractivity contribution in [3.8, 4) is 0 Å². The summed E-state index contributed by atoms with van der Waals surface area (Å²) in [5.74, 6) is -0.145. The van der Waals surface area contributed by atoms with E-state index in [9.17, 15) is 13.2 Å². The molecule has 0 heterocycles. The first kappa shape index (κ1) is 24.2. The number of carbonyl (C=O) groups excluding carboxylic acids is 1. The van der Waals surface area contributed by atoms with Crippen LogP contribution >= 0.6 is 11.6 Å². The van der Waals surface area contributed by atoms with Crippen molar-refractivity contribution in [3.05, 3.63) is 64.7 Å². The molecule has 164 valence electrons. The topological polar surface area (TPSA) is 66.5 Å². The molecule has 2 aromatic rings. The molecule has 7 heteroatoms. The van der Waals surface area contributed by atoms with Crippen molar-refractivity contribution in [2.75, 3.05) is 10.6 Å². The van der Waals surface area contributed by atoms with Gasteiger partial charge in [0.1, 0.15) is 0 Å². The number of anilines is 1. The van der Waals surface area contributed by atoms with Gasteiger partial charge in [0.2, 0.25) is 10.0 Å². The maximum Gasteiger partial charge on any atom is 0.251 e. The van der Waals surface area contributed by atoms with Gasteiger partial charge in [-0.3, -0.25) is 9.10 Å². The molecule has 0 bridgehead atoms. The molecule has 0 aromatic heterocycles. The Bertz CT molecular complexity index is 977. The van der Waals surface area contributed by atoms with Crippen molar-refractivity contribution < 1.29 is 13.2 Å². The Hall–Kier alpha value is -2.05. The number of hydrogen-bond acceptors (Lipinski definition) is 3. The van der Waals surface area contributed by atoms with Crippen LogP contribution in [0.4, 0.5) is 5.69 Å². The van der Waals surface area contributed by atoms with E-state index in [1.54, 1.807) is 48.5 Å². The van der Waals surface area contributed by atoms with Crippen molar-refractivity contribution in [1.82, 2.24) is 5.32 Å². The molecule has 2 aromatic carbocycles. The Balaban J connectivity index is 2.16. The van der Waals surface area contributed by atoms with E-state index in [0.717, 1.165) is 12.0 Å². The van der Waals surface area contributed by atoms with Crippen molar-refractivity contribution >= 4 is 33.2 Å². The lowest BCUT2D eigenvalue weighted by Gasteiger charge is -2.33. The maximum absolute atomic E-state index is 12.7. The van der Waals surface area contributed by atoms with Gasteiger partial charge in [0.15, 0.2) is 0 Å². The Morgan fingerprint density at radius 1 is 0.967 bits per heavy atom. The normalized spacial score (nSPS) is 12.5. The maximum atomic E-state index is 12.7. The fourth-order valence-electron chi connectivity index (χ4n) is 3.68. The molecule has 0 radical (unpaired) electrons. The van der Waals surface area contributed by atoms with Gasteiger partial charge in [0.25, 0.3) is 5.91 Å². The molecule has 0 unspecified atom stereocenters. The number of sulfonamides is 1. The van der Waals surface area contributed by atoms with Crippen LogP contribution in [-0.4, -0.2) is 26.1 Å². The van der Waals surface area contributed by atoms with Gasteiger partial charge >= 0.3 is 0 Å². The zero-order chi connectivity index (χ0) is 22.7. The van der Waals surface area contributed by atoms with E-state index < -0.39 is 10.0 Å². The highest BCUT2D eigenvalue weighted by Crippen LogP contribution is 2.27. The SMILES string of the molecule is CC(C)(C)CC(C)(C)NC(=O)c1ccc(CN(c2ccc(Cl)cc2)S(C)(=O)=O)cc1. The predicted molar refractivity (Wildman–Crippen MR) is 125 cm³/mol. The quantitative estimate of drug-likeness (QED) is 0.626. The summed E-state index contributed by atoms with van der Waals surface area (Å²) >= 11 is 5.91. The highest BCUT2D eigenvalue weighted by atomic mass is 35.5. The molecule has 0 spiro atoms. The lowest BCUT2D eigenvalue weighted by molar-refractivity contribution is 0.0891. The summed E-state index contributed by atoms with van der Waals surface area (Å²) in [6, 6.07) is 13.6. The van der Waals surface area contributed by atoms with Crippen LogP contribution in [0.1, 0.15) is 57.0 Å². The van der Waals surface area contributed by atoms with Crippen LogP contribution in [0, 0.1) is 5.41 Å². The van der Waals surface area contributed by atoms with Crippen LogP contribution in [0.25, 0.3) is 0 Å².